The molecule has 0 bridgehead atoms. The van der Waals surface area contributed by atoms with Crippen LogP contribution in [0.3, 0.4) is 0 Å². The zero-order valence-corrected chi connectivity index (χ0v) is 27.3. The average molecular weight is 641 g/mol. The topological polar surface area (TPSA) is 9.86 Å². The molecule has 8 aromatic carbocycles. The minimum Gasteiger partial charge on any atom is -0.309 e. The van der Waals surface area contributed by atoms with E-state index in [1.165, 1.54) is 91.4 Å². The largest absolute Gasteiger partial charge is 0.309 e. The first kappa shape index (κ1) is 26.9. The van der Waals surface area contributed by atoms with Crippen molar-refractivity contribution in [2.45, 2.75) is 0 Å². The van der Waals surface area contributed by atoms with Crippen LogP contribution in [0.2, 0.25) is 0 Å². The highest BCUT2D eigenvalue weighted by Gasteiger charge is 2.19. The molecule has 0 atom stereocenters. The minimum atomic E-state index is 1.16. The van der Waals surface area contributed by atoms with Gasteiger partial charge in [-0.1, -0.05) is 109 Å². The van der Waals surface area contributed by atoms with Crippen molar-refractivity contribution in [3.63, 3.8) is 0 Å². The molecule has 228 valence electrons. The molecule has 0 spiro atoms. The van der Waals surface area contributed by atoms with Crippen LogP contribution in [-0.2, 0) is 0 Å². The molecule has 0 fully saturated rings. The monoisotopic (exact) mass is 640 g/mol. The Morgan fingerprint density at radius 3 is 1.78 bits per heavy atom. The number of thiophene rings is 1. The van der Waals surface area contributed by atoms with Crippen molar-refractivity contribution in [1.82, 2.24) is 9.13 Å². The molecule has 0 radical (unpaired) electrons. The van der Waals surface area contributed by atoms with E-state index in [1.54, 1.807) is 0 Å². The van der Waals surface area contributed by atoms with Gasteiger partial charge in [-0.15, -0.1) is 11.3 Å². The average Bonchev–Trinajstić information content (AvgIpc) is 3.80. The molecule has 0 N–H and O–H groups in total. The number of nitrogens with zero attached hydrogens (tertiary/aromatic N) is 2. The van der Waals surface area contributed by atoms with E-state index in [4.69, 9.17) is 0 Å². The molecule has 0 amide bonds. The van der Waals surface area contributed by atoms with E-state index in [9.17, 15) is 0 Å². The highest BCUT2D eigenvalue weighted by atomic mass is 32.1. The summed E-state index contributed by atoms with van der Waals surface area (Å²) in [5.41, 5.74) is 9.70. The summed E-state index contributed by atoms with van der Waals surface area (Å²) in [5.74, 6) is 0. The quantitative estimate of drug-likeness (QED) is 0.182. The minimum absolute atomic E-state index is 1.16. The van der Waals surface area contributed by atoms with Crippen LogP contribution in [0.4, 0.5) is 0 Å². The molecule has 49 heavy (non-hydrogen) atoms. The number of para-hydroxylation sites is 2. The van der Waals surface area contributed by atoms with Crippen molar-refractivity contribution in [3.8, 4) is 22.5 Å². The van der Waals surface area contributed by atoms with Gasteiger partial charge in [0.2, 0.25) is 0 Å². The van der Waals surface area contributed by atoms with Gasteiger partial charge in [0.1, 0.15) is 0 Å². The lowest BCUT2D eigenvalue weighted by Crippen LogP contribution is -1.96. The van der Waals surface area contributed by atoms with E-state index in [2.05, 4.69) is 179 Å². The second-order valence-corrected chi connectivity index (χ2v) is 14.0. The van der Waals surface area contributed by atoms with Gasteiger partial charge in [0, 0.05) is 53.1 Å². The molecular formula is C46H28N2S. The summed E-state index contributed by atoms with van der Waals surface area (Å²) in [5, 5.41) is 10.2. The SMILES string of the molecule is c1ccc(-n2c3cc4ccccc4cc3c3cc4c5ccccc5n(-c5ccc(-c6cccc7c6sc6ccccc67)cc5)c4cc32)cc1. The lowest BCUT2D eigenvalue weighted by atomic mass is 10.0. The Balaban J connectivity index is 1.17. The molecule has 3 heterocycles. The molecule has 3 aromatic heterocycles. The van der Waals surface area contributed by atoms with E-state index in [0.717, 1.165) is 5.69 Å². The van der Waals surface area contributed by atoms with Crippen LogP contribution in [0, 0.1) is 0 Å². The molecule has 2 nitrogen and oxygen atoms in total. The molecular weight excluding hydrogens is 613 g/mol. The first-order valence-corrected chi connectivity index (χ1v) is 17.6. The normalized spacial score (nSPS) is 12.1. The maximum atomic E-state index is 2.44. The second-order valence-electron chi connectivity index (χ2n) is 13.0. The standard InChI is InChI=1S/C46H28N2S/c1-2-13-32(14-3-1)48-42-26-31-12-5-4-11-30(31)25-38(42)40-27-39-35-15-6-8-19-41(35)47(43(39)28-44(40)48)33-23-21-29(22-24-33)34-17-10-18-37-36-16-7-9-20-45(36)49-46(34)37/h1-28H. The second kappa shape index (κ2) is 10.2. The Morgan fingerprint density at radius 1 is 0.347 bits per heavy atom. The van der Waals surface area contributed by atoms with Gasteiger partial charge in [-0.05, 0) is 82.6 Å². The molecule has 11 rings (SSSR count). The van der Waals surface area contributed by atoms with Crippen LogP contribution < -0.4 is 0 Å². The van der Waals surface area contributed by atoms with E-state index < -0.39 is 0 Å². The summed E-state index contributed by atoms with van der Waals surface area (Å²) in [6, 6.07) is 62.4. The fourth-order valence-corrected chi connectivity index (χ4v) is 9.30. The van der Waals surface area contributed by atoms with Gasteiger partial charge in [-0.25, -0.2) is 0 Å². The van der Waals surface area contributed by atoms with Gasteiger partial charge < -0.3 is 9.13 Å². The summed E-state index contributed by atoms with van der Waals surface area (Å²) in [4.78, 5) is 0. The Labute approximate surface area is 286 Å². The number of rotatable bonds is 3. The van der Waals surface area contributed by atoms with Crippen LogP contribution in [0.5, 0.6) is 0 Å². The first-order chi connectivity index (χ1) is 24.3. The van der Waals surface area contributed by atoms with Gasteiger partial charge in [0.05, 0.1) is 22.1 Å². The summed E-state index contributed by atoms with van der Waals surface area (Å²) < 4.78 is 7.56. The van der Waals surface area contributed by atoms with Gasteiger partial charge in [-0.2, -0.15) is 0 Å². The van der Waals surface area contributed by atoms with E-state index >= 15 is 0 Å². The van der Waals surface area contributed by atoms with Crippen molar-refractivity contribution in [2.75, 3.05) is 0 Å². The molecule has 0 saturated carbocycles. The van der Waals surface area contributed by atoms with E-state index in [1.807, 2.05) is 11.3 Å². The van der Waals surface area contributed by atoms with Gasteiger partial charge in [-0.3, -0.25) is 0 Å². The van der Waals surface area contributed by atoms with Gasteiger partial charge in [0.15, 0.2) is 0 Å². The summed E-state index contributed by atoms with van der Waals surface area (Å²) in [6.45, 7) is 0. The third kappa shape index (κ3) is 3.88. The Bertz CT molecular complexity index is 3090. The Kier molecular flexibility index (Phi) is 5.57. The maximum Gasteiger partial charge on any atom is 0.0562 e. The smallest absolute Gasteiger partial charge is 0.0562 e. The fourth-order valence-electron chi connectivity index (χ4n) is 8.06. The van der Waals surface area contributed by atoms with E-state index in [0.29, 0.717) is 0 Å². The van der Waals surface area contributed by atoms with Gasteiger partial charge in [0.25, 0.3) is 0 Å². The Hall–Kier alpha value is -6.16. The highest BCUT2D eigenvalue weighted by Crippen LogP contribution is 2.42. The summed E-state index contributed by atoms with van der Waals surface area (Å²) >= 11 is 1.88. The molecule has 11 aromatic rings. The lowest BCUT2D eigenvalue weighted by Gasteiger charge is -2.11. The molecule has 0 aliphatic rings. The third-order valence-corrected chi connectivity index (χ3v) is 11.5. The van der Waals surface area contributed by atoms with Crippen molar-refractivity contribution >= 4 is 85.9 Å². The van der Waals surface area contributed by atoms with Crippen molar-refractivity contribution in [3.05, 3.63) is 170 Å². The van der Waals surface area contributed by atoms with E-state index in [-0.39, 0.29) is 0 Å². The zero-order chi connectivity index (χ0) is 32.1. The first-order valence-electron chi connectivity index (χ1n) is 16.8. The van der Waals surface area contributed by atoms with Crippen LogP contribution in [-0.4, -0.2) is 9.13 Å². The van der Waals surface area contributed by atoms with Crippen molar-refractivity contribution in [2.24, 2.45) is 0 Å². The van der Waals surface area contributed by atoms with Crippen LogP contribution >= 0.6 is 11.3 Å². The number of fused-ring (bicyclic) bond motifs is 10. The summed E-state index contributed by atoms with van der Waals surface area (Å²) in [6.07, 6.45) is 0. The van der Waals surface area contributed by atoms with Crippen molar-refractivity contribution < 1.29 is 0 Å². The number of aromatic nitrogens is 2. The van der Waals surface area contributed by atoms with Crippen LogP contribution in [0.15, 0.2) is 170 Å². The highest BCUT2D eigenvalue weighted by molar-refractivity contribution is 7.26. The molecule has 0 unspecified atom stereocenters. The zero-order valence-electron chi connectivity index (χ0n) is 26.5. The molecule has 3 heteroatoms. The van der Waals surface area contributed by atoms with Crippen LogP contribution in [0.1, 0.15) is 0 Å². The fraction of sp³-hybridized carbons (Fsp3) is 0. The Morgan fingerprint density at radius 2 is 0.939 bits per heavy atom. The number of benzene rings is 8. The van der Waals surface area contributed by atoms with Crippen molar-refractivity contribution in [1.29, 1.82) is 0 Å². The molecule has 0 aliphatic carbocycles. The van der Waals surface area contributed by atoms with Crippen LogP contribution in [0.25, 0.3) is 97.1 Å². The molecule has 0 aliphatic heterocycles. The lowest BCUT2D eigenvalue weighted by molar-refractivity contribution is 1.17. The summed E-state index contributed by atoms with van der Waals surface area (Å²) in [7, 11) is 0. The predicted octanol–water partition coefficient (Wildman–Crippen LogP) is 13.1. The number of hydrogen-bond donors (Lipinski definition) is 0. The maximum absolute atomic E-state index is 2.44. The van der Waals surface area contributed by atoms with Gasteiger partial charge >= 0.3 is 0 Å². The number of hydrogen-bond acceptors (Lipinski definition) is 1. The molecule has 0 saturated heterocycles. The predicted molar refractivity (Wildman–Crippen MR) is 211 cm³/mol. The third-order valence-electron chi connectivity index (χ3n) is 10.3.